The van der Waals surface area contributed by atoms with Crippen molar-refractivity contribution in [3.63, 3.8) is 0 Å². The molecule has 1 fully saturated rings. The monoisotopic (exact) mass is 192 g/mol. The minimum Gasteiger partial charge on any atom is -0.481 e. The van der Waals surface area contributed by atoms with Gasteiger partial charge in [0.15, 0.2) is 0 Å². The first-order valence-electron chi connectivity index (χ1n) is 4.64. The van der Waals surface area contributed by atoms with Gasteiger partial charge in [-0.1, -0.05) is 30.3 Å². The van der Waals surface area contributed by atoms with Crippen LogP contribution < -0.4 is 0 Å². The van der Waals surface area contributed by atoms with Crippen molar-refractivity contribution in [2.45, 2.75) is 5.92 Å². The van der Waals surface area contributed by atoms with Gasteiger partial charge in [0.05, 0.1) is 19.1 Å². The van der Waals surface area contributed by atoms with Gasteiger partial charge in [-0.15, -0.1) is 0 Å². The molecule has 0 aromatic heterocycles. The topological polar surface area (TPSA) is 46.5 Å². The van der Waals surface area contributed by atoms with E-state index in [0.29, 0.717) is 13.2 Å². The second-order valence-electron chi connectivity index (χ2n) is 3.50. The number of carboxylic acid groups (broad SMARTS) is 1. The first kappa shape index (κ1) is 9.21. The molecule has 74 valence electrons. The highest BCUT2D eigenvalue weighted by Gasteiger charge is 2.34. The molecule has 14 heavy (non-hydrogen) atoms. The summed E-state index contributed by atoms with van der Waals surface area (Å²) in [6.07, 6.45) is 0. The average Bonchev–Trinajstić information content (AvgIpc) is 2.67. The minimum absolute atomic E-state index is 0.00806. The summed E-state index contributed by atoms with van der Waals surface area (Å²) in [6.45, 7) is 0.843. The first-order chi connectivity index (χ1) is 6.79. The summed E-state index contributed by atoms with van der Waals surface area (Å²) in [6, 6.07) is 9.68. The molecule has 0 aliphatic carbocycles. The first-order valence-corrected chi connectivity index (χ1v) is 4.64. The molecular formula is C11H12O3. The van der Waals surface area contributed by atoms with E-state index in [0.717, 1.165) is 5.56 Å². The van der Waals surface area contributed by atoms with Crippen LogP contribution in [0.2, 0.25) is 0 Å². The molecule has 1 heterocycles. The predicted octanol–water partition coefficient (Wildman–Crippen LogP) is 1.50. The Morgan fingerprint density at radius 3 is 2.64 bits per heavy atom. The lowest BCUT2D eigenvalue weighted by Gasteiger charge is -2.13. The molecule has 2 unspecified atom stereocenters. The van der Waals surface area contributed by atoms with Crippen LogP contribution in [-0.2, 0) is 9.53 Å². The maximum Gasteiger partial charge on any atom is 0.309 e. The SMILES string of the molecule is O=C(O)C1COCC1c1ccccc1. The summed E-state index contributed by atoms with van der Waals surface area (Å²) in [4.78, 5) is 10.9. The summed E-state index contributed by atoms with van der Waals surface area (Å²) in [5, 5.41) is 8.96. The maximum absolute atomic E-state index is 10.9. The van der Waals surface area contributed by atoms with E-state index in [1.165, 1.54) is 0 Å². The van der Waals surface area contributed by atoms with E-state index in [-0.39, 0.29) is 5.92 Å². The summed E-state index contributed by atoms with van der Waals surface area (Å²) in [5.41, 5.74) is 1.05. The molecule has 1 aliphatic rings. The summed E-state index contributed by atoms with van der Waals surface area (Å²) in [5.74, 6) is -1.15. The van der Waals surface area contributed by atoms with Gasteiger partial charge in [-0.2, -0.15) is 0 Å². The number of benzene rings is 1. The van der Waals surface area contributed by atoms with Crippen molar-refractivity contribution in [2.24, 2.45) is 5.92 Å². The molecule has 1 aromatic carbocycles. The van der Waals surface area contributed by atoms with Gasteiger partial charge in [-0.3, -0.25) is 4.79 Å². The molecule has 0 radical (unpaired) electrons. The lowest BCUT2D eigenvalue weighted by atomic mass is 9.89. The molecule has 2 atom stereocenters. The van der Waals surface area contributed by atoms with E-state index >= 15 is 0 Å². The largest absolute Gasteiger partial charge is 0.481 e. The number of rotatable bonds is 2. The Bertz CT molecular complexity index is 321. The average molecular weight is 192 g/mol. The highest BCUT2D eigenvalue weighted by Crippen LogP contribution is 2.30. The Morgan fingerprint density at radius 1 is 1.29 bits per heavy atom. The molecule has 1 saturated heterocycles. The van der Waals surface area contributed by atoms with Crippen LogP contribution in [0.25, 0.3) is 0 Å². The standard InChI is InChI=1S/C11H12O3/c12-11(13)10-7-14-6-9(10)8-4-2-1-3-5-8/h1-5,9-10H,6-7H2,(H,12,13). The Balaban J connectivity index is 2.22. The van der Waals surface area contributed by atoms with Crippen molar-refractivity contribution in [2.75, 3.05) is 13.2 Å². The second kappa shape index (κ2) is 3.80. The lowest BCUT2D eigenvalue weighted by molar-refractivity contribution is -0.142. The number of aliphatic carboxylic acids is 1. The summed E-state index contributed by atoms with van der Waals surface area (Å²) in [7, 11) is 0. The van der Waals surface area contributed by atoms with Crippen molar-refractivity contribution in [3.8, 4) is 0 Å². The van der Waals surface area contributed by atoms with Crippen molar-refractivity contribution >= 4 is 5.97 Å². The van der Waals surface area contributed by atoms with Gasteiger partial charge < -0.3 is 9.84 Å². The van der Waals surface area contributed by atoms with Crippen LogP contribution >= 0.6 is 0 Å². The maximum atomic E-state index is 10.9. The Labute approximate surface area is 82.3 Å². The van der Waals surface area contributed by atoms with Gasteiger partial charge >= 0.3 is 5.97 Å². The van der Waals surface area contributed by atoms with E-state index in [2.05, 4.69) is 0 Å². The van der Waals surface area contributed by atoms with Crippen molar-refractivity contribution in [3.05, 3.63) is 35.9 Å². The summed E-state index contributed by atoms with van der Waals surface area (Å²) < 4.78 is 5.20. The van der Waals surface area contributed by atoms with E-state index < -0.39 is 11.9 Å². The molecule has 2 rings (SSSR count). The zero-order valence-electron chi connectivity index (χ0n) is 7.72. The molecule has 1 aromatic rings. The molecule has 0 bridgehead atoms. The Kier molecular flexibility index (Phi) is 2.50. The number of ether oxygens (including phenoxy) is 1. The van der Waals surface area contributed by atoms with Crippen LogP contribution in [0.3, 0.4) is 0 Å². The van der Waals surface area contributed by atoms with Crippen molar-refractivity contribution in [1.82, 2.24) is 0 Å². The molecule has 1 aliphatic heterocycles. The molecule has 1 N–H and O–H groups in total. The molecule has 0 spiro atoms. The fourth-order valence-corrected chi connectivity index (χ4v) is 1.83. The van der Waals surface area contributed by atoms with E-state index in [4.69, 9.17) is 9.84 Å². The van der Waals surface area contributed by atoms with Gasteiger partial charge in [-0.05, 0) is 5.56 Å². The predicted molar refractivity (Wildman–Crippen MR) is 51.1 cm³/mol. The van der Waals surface area contributed by atoms with Crippen LogP contribution in [0.1, 0.15) is 11.5 Å². The van der Waals surface area contributed by atoms with Crippen LogP contribution in [-0.4, -0.2) is 24.3 Å². The third-order valence-corrected chi connectivity index (χ3v) is 2.63. The summed E-state index contributed by atoms with van der Waals surface area (Å²) >= 11 is 0. The van der Waals surface area contributed by atoms with E-state index in [9.17, 15) is 4.79 Å². The van der Waals surface area contributed by atoms with Crippen LogP contribution in [0.5, 0.6) is 0 Å². The lowest BCUT2D eigenvalue weighted by Crippen LogP contribution is -2.20. The van der Waals surface area contributed by atoms with E-state index in [1.807, 2.05) is 30.3 Å². The van der Waals surface area contributed by atoms with Crippen LogP contribution in [0.15, 0.2) is 30.3 Å². The third-order valence-electron chi connectivity index (χ3n) is 2.63. The zero-order valence-corrected chi connectivity index (χ0v) is 7.72. The molecule has 3 nitrogen and oxygen atoms in total. The molecule has 3 heteroatoms. The van der Waals surface area contributed by atoms with Gasteiger partial charge in [0, 0.05) is 5.92 Å². The number of hydrogen-bond donors (Lipinski definition) is 1. The fourth-order valence-electron chi connectivity index (χ4n) is 1.83. The highest BCUT2D eigenvalue weighted by molar-refractivity contribution is 5.72. The third kappa shape index (κ3) is 1.63. The van der Waals surface area contributed by atoms with Crippen LogP contribution in [0, 0.1) is 5.92 Å². The van der Waals surface area contributed by atoms with Crippen LogP contribution in [0.4, 0.5) is 0 Å². The van der Waals surface area contributed by atoms with Gasteiger partial charge in [-0.25, -0.2) is 0 Å². The van der Waals surface area contributed by atoms with Gasteiger partial charge in [0.1, 0.15) is 0 Å². The van der Waals surface area contributed by atoms with Gasteiger partial charge in [0.2, 0.25) is 0 Å². The second-order valence-corrected chi connectivity index (χ2v) is 3.50. The smallest absolute Gasteiger partial charge is 0.309 e. The van der Waals surface area contributed by atoms with E-state index in [1.54, 1.807) is 0 Å². The van der Waals surface area contributed by atoms with Gasteiger partial charge in [0.25, 0.3) is 0 Å². The molecule has 0 amide bonds. The minimum atomic E-state index is -0.767. The normalized spacial score (nSPS) is 26.3. The quantitative estimate of drug-likeness (QED) is 0.772. The van der Waals surface area contributed by atoms with Crippen molar-refractivity contribution < 1.29 is 14.6 Å². The zero-order chi connectivity index (χ0) is 9.97. The van der Waals surface area contributed by atoms with Crippen molar-refractivity contribution in [1.29, 1.82) is 0 Å². The number of hydrogen-bond acceptors (Lipinski definition) is 2. The molecular weight excluding hydrogens is 180 g/mol. The number of carboxylic acids is 1. The Hall–Kier alpha value is -1.35. The Morgan fingerprint density at radius 2 is 2.00 bits per heavy atom. The number of carbonyl (C=O) groups is 1. The highest BCUT2D eigenvalue weighted by atomic mass is 16.5. The fraction of sp³-hybridized carbons (Fsp3) is 0.364. The molecule has 0 saturated carbocycles.